The van der Waals surface area contributed by atoms with Crippen molar-refractivity contribution in [1.82, 2.24) is 9.80 Å². The molecule has 1 saturated heterocycles. The van der Waals surface area contributed by atoms with E-state index in [9.17, 15) is 19.5 Å². The maximum atomic E-state index is 11.3. The molecule has 1 aliphatic rings. The first-order valence-corrected chi connectivity index (χ1v) is 15.8. The van der Waals surface area contributed by atoms with Crippen molar-refractivity contribution < 1.29 is 44.7 Å². The van der Waals surface area contributed by atoms with Crippen LogP contribution in [-0.4, -0.2) is 98.2 Å². The number of aliphatic carboxylic acids is 3. The number of nitrogens with zero attached hydrogens (tertiary/aromatic N) is 2. The van der Waals surface area contributed by atoms with Crippen LogP contribution in [0.1, 0.15) is 49.3 Å². The number of aliphatic hydroxyl groups is 2. The Morgan fingerprint density at radius 1 is 0.787 bits per heavy atom. The molecular weight excluding hydrogens is 628 g/mol. The predicted molar refractivity (Wildman–Crippen MR) is 177 cm³/mol. The minimum absolute atomic E-state index is 0.562. The van der Waals surface area contributed by atoms with Crippen molar-refractivity contribution in [3.8, 4) is 5.75 Å². The Labute approximate surface area is 279 Å². The third-order valence-electron chi connectivity index (χ3n) is 8.03. The van der Waals surface area contributed by atoms with E-state index in [1.54, 1.807) is 0 Å². The van der Waals surface area contributed by atoms with Crippen LogP contribution in [0.15, 0.2) is 78.9 Å². The van der Waals surface area contributed by atoms with Gasteiger partial charge < -0.3 is 35.2 Å². The molecule has 0 spiro atoms. The Kier molecular flexibility index (Phi) is 14.2. The molecule has 0 saturated carbocycles. The van der Waals surface area contributed by atoms with Crippen LogP contribution in [0.4, 0.5) is 0 Å². The normalized spacial score (nSPS) is 15.1. The van der Waals surface area contributed by atoms with Gasteiger partial charge in [-0.05, 0) is 53.8 Å². The second kappa shape index (κ2) is 17.8. The molecule has 3 aromatic rings. The lowest BCUT2D eigenvalue weighted by Crippen LogP contribution is -2.46. The minimum atomic E-state index is -2.74. The average molecular weight is 671 g/mol. The molecule has 1 heterocycles. The van der Waals surface area contributed by atoms with Gasteiger partial charge in [0.1, 0.15) is 11.4 Å². The van der Waals surface area contributed by atoms with E-state index in [1.165, 1.54) is 5.56 Å². The first kappa shape index (κ1) is 37.5. The number of hydrogen-bond acceptors (Lipinski definition) is 8. The number of carboxylic acid groups (broad SMARTS) is 3. The third-order valence-corrected chi connectivity index (χ3v) is 8.27. The number of rotatable bonds is 15. The summed E-state index contributed by atoms with van der Waals surface area (Å²) < 4.78 is 5.98. The summed E-state index contributed by atoms with van der Waals surface area (Å²) in [7, 11) is 0. The summed E-state index contributed by atoms with van der Waals surface area (Å²) in [6, 6.07) is 25.9. The highest BCUT2D eigenvalue weighted by molar-refractivity contribution is 6.30. The topological polar surface area (TPSA) is 168 Å². The minimum Gasteiger partial charge on any atom is -0.494 e. The van der Waals surface area contributed by atoms with E-state index in [0.717, 1.165) is 62.6 Å². The smallest absolute Gasteiger partial charge is 0.336 e. The lowest BCUT2D eigenvalue weighted by atomic mass is 9.84. The van der Waals surface area contributed by atoms with Crippen molar-refractivity contribution in [2.75, 3.05) is 39.3 Å². The maximum Gasteiger partial charge on any atom is 0.336 e. The van der Waals surface area contributed by atoms with Crippen molar-refractivity contribution >= 4 is 29.5 Å². The number of benzene rings is 3. The standard InChI is InChI=1S/C29H35ClN2O2.C6H8O7/c1-2-29(33,26-10-6-11-27(30)22-26)25-12-14-28(15-13-25)34-21-7-16-31-17-19-32(20-18-31)23-24-8-4-3-5-9-24;7-3(8)1-6(13,5(11)12)2-4(9)10/h3-6,8-15,22,33H,2,7,16-21,23H2,1H3;13H,1-2H2,(H,7,8)(H,9,10)(H,11,12). The van der Waals surface area contributed by atoms with Gasteiger partial charge in [0.15, 0.2) is 5.60 Å². The lowest BCUT2D eigenvalue weighted by Gasteiger charge is -2.34. The molecule has 11 nitrogen and oxygen atoms in total. The zero-order chi connectivity index (χ0) is 34.5. The fourth-order valence-electron chi connectivity index (χ4n) is 5.35. The molecule has 0 bridgehead atoms. The summed E-state index contributed by atoms with van der Waals surface area (Å²) in [5.74, 6) is -4.18. The Balaban J connectivity index is 0.000000392. The predicted octanol–water partition coefficient (Wildman–Crippen LogP) is 4.32. The lowest BCUT2D eigenvalue weighted by molar-refractivity contribution is -0.170. The van der Waals surface area contributed by atoms with Crippen LogP contribution in [0, 0.1) is 0 Å². The molecule has 1 aliphatic heterocycles. The summed E-state index contributed by atoms with van der Waals surface area (Å²) in [5.41, 5.74) is -0.762. The monoisotopic (exact) mass is 670 g/mol. The van der Waals surface area contributed by atoms with E-state index in [2.05, 4.69) is 40.1 Å². The molecule has 4 rings (SSSR count). The van der Waals surface area contributed by atoms with Gasteiger partial charge in [0.25, 0.3) is 0 Å². The largest absolute Gasteiger partial charge is 0.494 e. The SMILES string of the molecule is CCC(O)(c1ccc(OCCCN2CCN(Cc3ccccc3)CC2)cc1)c1cccc(Cl)c1.O=C(O)CC(O)(CC(=O)O)C(=O)O. The molecule has 5 N–H and O–H groups in total. The molecule has 1 unspecified atom stereocenters. The zero-order valence-corrected chi connectivity index (χ0v) is 27.2. The Morgan fingerprint density at radius 3 is 1.91 bits per heavy atom. The van der Waals surface area contributed by atoms with E-state index in [0.29, 0.717) is 18.1 Å². The Bertz CT molecular complexity index is 1430. The van der Waals surface area contributed by atoms with E-state index in [1.807, 2.05) is 55.5 Å². The van der Waals surface area contributed by atoms with Gasteiger partial charge in [-0.15, -0.1) is 0 Å². The third kappa shape index (κ3) is 11.6. The molecule has 1 atom stereocenters. The fraction of sp³-hybridized carbons (Fsp3) is 0.400. The van der Waals surface area contributed by atoms with Crippen LogP contribution in [0.5, 0.6) is 5.75 Å². The molecule has 1 fully saturated rings. The van der Waals surface area contributed by atoms with E-state index in [4.69, 9.17) is 36.8 Å². The number of carboxylic acids is 3. The van der Waals surface area contributed by atoms with Crippen LogP contribution < -0.4 is 4.74 Å². The van der Waals surface area contributed by atoms with Crippen molar-refractivity contribution in [3.63, 3.8) is 0 Å². The number of piperazine rings is 1. The second-order valence-electron chi connectivity index (χ2n) is 11.5. The highest BCUT2D eigenvalue weighted by Crippen LogP contribution is 2.34. The number of ether oxygens (including phenoxy) is 1. The first-order chi connectivity index (χ1) is 22.3. The highest BCUT2D eigenvalue weighted by Gasteiger charge is 2.40. The molecule has 0 aromatic heterocycles. The van der Waals surface area contributed by atoms with Crippen molar-refractivity contribution in [3.05, 3.63) is 101 Å². The van der Waals surface area contributed by atoms with Crippen molar-refractivity contribution in [2.45, 2.75) is 50.4 Å². The Hall–Kier alpha value is -4.00. The number of hydrogen-bond donors (Lipinski definition) is 5. The Morgan fingerprint density at radius 2 is 1.38 bits per heavy atom. The molecule has 0 amide bonds. The first-order valence-electron chi connectivity index (χ1n) is 15.4. The molecule has 254 valence electrons. The molecule has 3 aromatic carbocycles. The van der Waals surface area contributed by atoms with Gasteiger partial charge in [-0.2, -0.15) is 0 Å². The van der Waals surface area contributed by atoms with Gasteiger partial charge in [0.05, 0.1) is 19.4 Å². The number of carbonyl (C=O) groups is 3. The van der Waals surface area contributed by atoms with Crippen LogP contribution in [-0.2, 0) is 26.5 Å². The maximum absolute atomic E-state index is 11.3. The summed E-state index contributed by atoms with van der Waals surface area (Å²) in [4.78, 5) is 35.5. The summed E-state index contributed by atoms with van der Waals surface area (Å²) in [5, 5.41) is 45.8. The highest BCUT2D eigenvalue weighted by atomic mass is 35.5. The van der Waals surface area contributed by atoms with Gasteiger partial charge >= 0.3 is 17.9 Å². The van der Waals surface area contributed by atoms with Gasteiger partial charge in [-0.1, -0.05) is 73.1 Å². The van der Waals surface area contributed by atoms with Gasteiger partial charge in [-0.3, -0.25) is 14.5 Å². The summed E-state index contributed by atoms with van der Waals surface area (Å²) in [6.07, 6.45) is -0.725. The molecular formula is C35H43ClN2O9. The summed E-state index contributed by atoms with van der Waals surface area (Å²) >= 11 is 6.15. The van der Waals surface area contributed by atoms with Crippen molar-refractivity contribution in [1.29, 1.82) is 0 Å². The molecule has 0 radical (unpaired) electrons. The number of halogens is 1. The van der Waals surface area contributed by atoms with Crippen LogP contribution >= 0.6 is 11.6 Å². The average Bonchev–Trinajstić information content (AvgIpc) is 3.04. The molecule has 12 heteroatoms. The zero-order valence-electron chi connectivity index (χ0n) is 26.4. The quantitative estimate of drug-likeness (QED) is 0.146. The summed E-state index contributed by atoms with van der Waals surface area (Å²) in [6.45, 7) is 9.22. The van der Waals surface area contributed by atoms with Gasteiger partial charge in [-0.25, -0.2) is 4.79 Å². The van der Waals surface area contributed by atoms with Gasteiger partial charge in [0.2, 0.25) is 0 Å². The van der Waals surface area contributed by atoms with Crippen LogP contribution in [0.25, 0.3) is 0 Å². The molecule has 0 aliphatic carbocycles. The van der Waals surface area contributed by atoms with E-state index in [-0.39, 0.29) is 0 Å². The second-order valence-corrected chi connectivity index (χ2v) is 12.0. The molecule has 47 heavy (non-hydrogen) atoms. The van der Waals surface area contributed by atoms with Crippen LogP contribution in [0.3, 0.4) is 0 Å². The van der Waals surface area contributed by atoms with Crippen LogP contribution in [0.2, 0.25) is 5.02 Å². The van der Waals surface area contributed by atoms with E-state index >= 15 is 0 Å². The van der Waals surface area contributed by atoms with E-state index < -0.39 is 42.0 Å². The van der Waals surface area contributed by atoms with Gasteiger partial charge in [0, 0.05) is 44.3 Å². The van der Waals surface area contributed by atoms with Crippen molar-refractivity contribution in [2.24, 2.45) is 0 Å². The fourth-order valence-corrected chi connectivity index (χ4v) is 5.54.